The number of nitrogens with zero attached hydrogens (tertiary/aromatic N) is 8. The minimum absolute atomic E-state index is 0.295. The maximum Gasteiger partial charge on any atom is 0.346 e. The molecule has 2 aliphatic heterocycles. The number of benzene rings is 1. The maximum atomic E-state index is 11.5. The fourth-order valence-corrected chi connectivity index (χ4v) is 4.55. The van der Waals surface area contributed by atoms with E-state index in [4.69, 9.17) is 4.98 Å². The van der Waals surface area contributed by atoms with Crippen molar-refractivity contribution in [3.8, 4) is 11.5 Å². The SMILES string of the molecule is Cn1c(-c2ccncn2)nc2c(N3CCC(c4ccc5c(c4)[N]C(=O)N5)CC3)ncnc21. The van der Waals surface area contributed by atoms with Crippen LogP contribution in [-0.2, 0) is 7.05 Å². The number of fused-ring (bicyclic) bond motifs is 2. The van der Waals surface area contributed by atoms with E-state index < -0.39 is 0 Å². The van der Waals surface area contributed by atoms with E-state index in [1.54, 1.807) is 12.5 Å². The summed E-state index contributed by atoms with van der Waals surface area (Å²) in [6.07, 6.45) is 6.79. The Morgan fingerprint density at radius 2 is 1.94 bits per heavy atom. The number of aromatic nitrogens is 6. The lowest BCUT2D eigenvalue weighted by atomic mass is 9.89. The minimum atomic E-state index is -0.295. The van der Waals surface area contributed by atoms with E-state index in [-0.39, 0.29) is 6.03 Å². The van der Waals surface area contributed by atoms with Crippen LogP contribution in [0.15, 0.2) is 43.1 Å². The molecule has 1 fully saturated rings. The van der Waals surface area contributed by atoms with E-state index in [1.165, 1.54) is 11.9 Å². The smallest absolute Gasteiger partial charge is 0.346 e. The Balaban J connectivity index is 1.26. The van der Waals surface area contributed by atoms with Gasteiger partial charge in [0.25, 0.3) is 0 Å². The second-order valence-corrected chi connectivity index (χ2v) is 8.04. The van der Waals surface area contributed by atoms with Gasteiger partial charge in [-0.25, -0.2) is 29.7 Å². The first-order chi connectivity index (χ1) is 15.7. The van der Waals surface area contributed by atoms with Crippen molar-refractivity contribution >= 4 is 34.4 Å². The molecule has 10 heteroatoms. The van der Waals surface area contributed by atoms with Gasteiger partial charge in [-0.05, 0) is 42.5 Å². The van der Waals surface area contributed by atoms with Gasteiger partial charge in [0.1, 0.15) is 18.3 Å². The van der Waals surface area contributed by atoms with E-state index >= 15 is 0 Å². The van der Waals surface area contributed by atoms with Gasteiger partial charge in [0, 0.05) is 26.3 Å². The number of anilines is 2. The summed E-state index contributed by atoms with van der Waals surface area (Å²) in [5, 5.41) is 6.79. The summed E-state index contributed by atoms with van der Waals surface area (Å²) in [6, 6.07) is 7.61. The lowest BCUT2D eigenvalue weighted by Crippen LogP contribution is -2.33. The molecule has 6 rings (SSSR count). The first kappa shape index (κ1) is 18.7. The molecule has 0 aliphatic carbocycles. The molecule has 1 saturated heterocycles. The number of hydrogen-bond acceptors (Lipinski definition) is 7. The van der Waals surface area contributed by atoms with E-state index in [9.17, 15) is 4.79 Å². The highest BCUT2D eigenvalue weighted by Gasteiger charge is 2.27. The predicted molar refractivity (Wildman–Crippen MR) is 119 cm³/mol. The van der Waals surface area contributed by atoms with Gasteiger partial charge in [-0.3, -0.25) is 0 Å². The van der Waals surface area contributed by atoms with Crippen LogP contribution in [0.3, 0.4) is 0 Å². The Morgan fingerprint density at radius 3 is 2.75 bits per heavy atom. The van der Waals surface area contributed by atoms with Crippen LogP contribution in [0.25, 0.3) is 22.7 Å². The Bertz CT molecular complexity index is 1330. The van der Waals surface area contributed by atoms with Crippen molar-refractivity contribution in [1.82, 2.24) is 34.8 Å². The highest BCUT2D eigenvalue weighted by Crippen LogP contribution is 2.36. The molecule has 10 nitrogen and oxygen atoms in total. The number of piperidine rings is 1. The molecule has 0 saturated carbocycles. The normalized spacial score (nSPS) is 16.2. The van der Waals surface area contributed by atoms with Crippen molar-refractivity contribution in [2.24, 2.45) is 7.05 Å². The molecule has 1 N–H and O–H groups in total. The number of carbonyl (C=O) groups is 1. The summed E-state index contributed by atoms with van der Waals surface area (Å²) in [4.78, 5) is 36.0. The molecule has 1 aromatic carbocycles. The second-order valence-electron chi connectivity index (χ2n) is 8.04. The number of nitrogens with one attached hydrogen (secondary N) is 1. The zero-order chi connectivity index (χ0) is 21.7. The molecule has 1 radical (unpaired) electrons. The topological polar surface area (TPSA) is 116 Å². The van der Waals surface area contributed by atoms with Crippen molar-refractivity contribution in [3.05, 3.63) is 48.7 Å². The van der Waals surface area contributed by atoms with Crippen LogP contribution in [0.4, 0.5) is 22.0 Å². The summed E-state index contributed by atoms with van der Waals surface area (Å²) in [5.41, 5.74) is 5.05. The average Bonchev–Trinajstić information content (AvgIpc) is 3.38. The predicted octanol–water partition coefficient (Wildman–Crippen LogP) is 2.99. The molecule has 2 amide bonds. The fraction of sp³-hybridized carbons (Fsp3) is 0.273. The first-order valence-electron chi connectivity index (χ1n) is 10.5. The quantitative estimate of drug-likeness (QED) is 0.535. The van der Waals surface area contributed by atoms with E-state index in [0.717, 1.165) is 65.8 Å². The van der Waals surface area contributed by atoms with Crippen LogP contribution in [0.1, 0.15) is 24.3 Å². The number of carbonyl (C=O) groups excluding carboxylic acids is 1. The van der Waals surface area contributed by atoms with Gasteiger partial charge in [-0.2, -0.15) is 5.32 Å². The third-order valence-corrected chi connectivity index (χ3v) is 6.20. The number of hydrogen-bond donors (Lipinski definition) is 1. The van der Waals surface area contributed by atoms with Gasteiger partial charge in [-0.15, -0.1) is 0 Å². The monoisotopic (exact) mass is 426 g/mol. The third-order valence-electron chi connectivity index (χ3n) is 6.20. The maximum absolute atomic E-state index is 11.5. The highest BCUT2D eigenvalue weighted by atomic mass is 16.2. The van der Waals surface area contributed by atoms with Gasteiger partial charge < -0.3 is 14.8 Å². The lowest BCUT2D eigenvalue weighted by molar-refractivity contribution is 0.256. The number of urea groups is 1. The van der Waals surface area contributed by atoms with Crippen LogP contribution >= 0.6 is 0 Å². The van der Waals surface area contributed by atoms with Gasteiger partial charge in [0.2, 0.25) is 0 Å². The molecule has 4 aromatic rings. The third kappa shape index (κ3) is 3.03. The van der Waals surface area contributed by atoms with Crippen molar-refractivity contribution in [1.29, 1.82) is 0 Å². The zero-order valence-corrected chi connectivity index (χ0v) is 17.4. The molecule has 0 spiro atoms. The number of rotatable bonds is 3. The molecule has 3 aromatic heterocycles. The highest BCUT2D eigenvalue weighted by molar-refractivity contribution is 6.02. The Kier molecular flexibility index (Phi) is 4.23. The molecule has 159 valence electrons. The van der Waals surface area contributed by atoms with Crippen molar-refractivity contribution in [2.45, 2.75) is 18.8 Å². The largest absolute Gasteiger partial charge is 0.355 e. The number of aryl methyl sites for hydroxylation is 1. The first-order valence-corrected chi connectivity index (χ1v) is 10.5. The molecule has 0 bridgehead atoms. The Morgan fingerprint density at radius 1 is 1.06 bits per heavy atom. The summed E-state index contributed by atoms with van der Waals surface area (Å²) in [5.74, 6) is 2.01. The molecular formula is C22H20N9O. The summed E-state index contributed by atoms with van der Waals surface area (Å²) >= 11 is 0. The standard InChI is InChI=1S/C22H20N9O/c1-30-19(16-4-7-23-11-24-16)29-18-20(30)25-12-26-21(18)31-8-5-13(6-9-31)14-2-3-15-17(10-14)28-22(32)27-15/h2-4,7,10-13H,5-6,8-9H2,1H3,(H,27,32). The van der Waals surface area contributed by atoms with E-state index in [2.05, 4.69) is 41.5 Å². The Hall–Kier alpha value is -4.08. The van der Waals surface area contributed by atoms with E-state index in [0.29, 0.717) is 5.92 Å². The molecule has 5 heterocycles. The van der Waals surface area contributed by atoms with Gasteiger partial charge in [0.15, 0.2) is 22.8 Å². The summed E-state index contributed by atoms with van der Waals surface area (Å²) < 4.78 is 1.94. The molecule has 32 heavy (non-hydrogen) atoms. The summed E-state index contributed by atoms with van der Waals surface area (Å²) in [6.45, 7) is 1.73. The number of amides is 2. The van der Waals surface area contributed by atoms with Crippen molar-refractivity contribution in [3.63, 3.8) is 0 Å². The lowest BCUT2D eigenvalue weighted by Gasteiger charge is -2.33. The zero-order valence-electron chi connectivity index (χ0n) is 17.4. The van der Waals surface area contributed by atoms with Crippen LogP contribution in [0.2, 0.25) is 0 Å². The van der Waals surface area contributed by atoms with Gasteiger partial charge >= 0.3 is 6.03 Å². The molecule has 0 unspecified atom stereocenters. The van der Waals surface area contributed by atoms with E-state index in [1.807, 2.05) is 29.8 Å². The van der Waals surface area contributed by atoms with Crippen LogP contribution in [-0.4, -0.2) is 48.6 Å². The van der Waals surface area contributed by atoms with Crippen molar-refractivity contribution in [2.75, 3.05) is 23.3 Å². The van der Waals surface area contributed by atoms with Crippen LogP contribution < -0.4 is 15.5 Å². The van der Waals surface area contributed by atoms with Crippen LogP contribution in [0, 0.1) is 0 Å². The minimum Gasteiger partial charge on any atom is -0.355 e. The number of imidazole rings is 1. The van der Waals surface area contributed by atoms with Crippen molar-refractivity contribution < 1.29 is 4.79 Å². The average molecular weight is 426 g/mol. The second kappa shape index (κ2) is 7.26. The summed E-state index contributed by atoms with van der Waals surface area (Å²) in [7, 11) is 1.94. The molecular weight excluding hydrogens is 406 g/mol. The van der Waals surface area contributed by atoms with Crippen LogP contribution in [0.5, 0.6) is 0 Å². The van der Waals surface area contributed by atoms with Gasteiger partial charge in [-0.1, -0.05) is 6.07 Å². The van der Waals surface area contributed by atoms with Gasteiger partial charge in [0.05, 0.1) is 11.4 Å². The fourth-order valence-electron chi connectivity index (χ4n) is 4.55. The Labute approximate surface area is 183 Å². The molecule has 2 aliphatic rings. The molecule has 0 atom stereocenters.